The molecule has 0 radical (unpaired) electrons. The first-order valence-electron chi connectivity index (χ1n) is 9.99. The van der Waals surface area contributed by atoms with Crippen molar-refractivity contribution in [3.05, 3.63) is 11.5 Å². The first-order valence-corrected chi connectivity index (χ1v) is 15.3. The second-order valence-corrected chi connectivity index (χ2v) is 17.2. The Balaban J connectivity index is 2.40. The van der Waals surface area contributed by atoms with Gasteiger partial charge >= 0.3 is 12.2 Å². The molecule has 2 amide bonds. The molecule has 10 heteroatoms. The highest BCUT2D eigenvalue weighted by molar-refractivity contribution is 7.94. The summed E-state index contributed by atoms with van der Waals surface area (Å²) in [7, 11) is -4.71. The fourth-order valence-corrected chi connectivity index (χ4v) is 4.82. The highest BCUT2D eigenvalue weighted by Gasteiger charge is 2.30. The van der Waals surface area contributed by atoms with Crippen molar-refractivity contribution in [1.82, 2.24) is 10.2 Å². The molecule has 0 spiro atoms. The summed E-state index contributed by atoms with van der Waals surface area (Å²) in [6.45, 7) is 13.1. The first-order chi connectivity index (χ1) is 13.2. The van der Waals surface area contributed by atoms with Crippen LogP contribution < -0.4 is 5.32 Å². The predicted octanol–water partition coefficient (Wildman–Crippen LogP) is 3.38. The molecule has 0 saturated carbocycles. The molecule has 1 aliphatic rings. The number of carbonyl (C=O) groups excluding carboxylic acids is 2. The Kier molecular flexibility index (Phi) is 9.20. The third kappa shape index (κ3) is 10.7. The van der Waals surface area contributed by atoms with E-state index in [1.54, 1.807) is 25.7 Å². The topological polar surface area (TPSA) is 102 Å². The summed E-state index contributed by atoms with van der Waals surface area (Å²) >= 11 is 0. The maximum Gasteiger partial charge on any atom is 0.409 e. The Labute approximate surface area is 175 Å². The number of likely N-dealkylation sites (tertiary alicyclic amines) is 1. The Hall–Kier alpha value is -1.55. The number of amides is 2. The minimum atomic E-state index is -3.45. The van der Waals surface area contributed by atoms with E-state index < -0.39 is 34.9 Å². The van der Waals surface area contributed by atoms with E-state index in [4.69, 9.17) is 9.47 Å². The number of alkyl carbamates (subject to hydrolysis) is 1. The minimum absolute atomic E-state index is 0.0659. The van der Waals surface area contributed by atoms with E-state index in [0.29, 0.717) is 32.5 Å². The van der Waals surface area contributed by atoms with Crippen molar-refractivity contribution < 1.29 is 27.5 Å². The molecule has 8 nitrogen and oxygen atoms in total. The summed E-state index contributed by atoms with van der Waals surface area (Å²) in [5, 5.41) is 3.09. The Bertz CT molecular complexity index is 686. The summed E-state index contributed by atoms with van der Waals surface area (Å²) in [5.74, 6) is 0. The lowest BCUT2D eigenvalue weighted by Crippen LogP contribution is -2.42. The van der Waals surface area contributed by atoms with Crippen LogP contribution in [-0.4, -0.2) is 70.7 Å². The molecule has 0 aromatic rings. The summed E-state index contributed by atoms with van der Waals surface area (Å²) in [5.41, 5.74) is -0.607. The van der Waals surface area contributed by atoms with Crippen LogP contribution in [0.15, 0.2) is 11.5 Å². The molecule has 0 aromatic carbocycles. The van der Waals surface area contributed by atoms with Crippen LogP contribution in [-0.2, 0) is 19.3 Å². The predicted molar refractivity (Wildman–Crippen MR) is 116 cm³/mol. The van der Waals surface area contributed by atoms with E-state index in [0.717, 1.165) is 11.5 Å². The highest BCUT2D eigenvalue weighted by atomic mass is 32.2. The van der Waals surface area contributed by atoms with E-state index >= 15 is 0 Å². The van der Waals surface area contributed by atoms with Crippen molar-refractivity contribution in [2.45, 2.75) is 70.1 Å². The Morgan fingerprint density at radius 3 is 2.28 bits per heavy atom. The maximum atomic E-state index is 12.5. The molecule has 0 aliphatic carbocycles. The number of sulfone groups is 1. The average Bonchev–Trinajstić information content (AvgIpc) is 2.56. The molecular formula is C19H36N2O6SSi. The van der Waals surface area contributed by atoms with E-state index in [2.05, 4.69) is 25.0 Å². The van der Waals surface area contributed by atoms with Crippen molar-refractivity contribution in [1.29, 1.82) is 0 Å². The van der Waals surface area contributed by atoms with Gasteiger partial charge in [0.05, 0.1) is 11.9 Å². The van der Waals surface area contributed by atoms with Crippen LogP contribution >= 0.6 is 0 Å². The van der Waals surface area contributed by atoms with Crippen LogP contribution in [0.4, 0.5) is 9.59 Å². The van der Waals surface area contributed by atoms with Gasteiger partial charge in [0.2, 0.25) is 0 Å². The van der Waals surface area contributed by atoms with Gasteiger partial charge in [-0.15, -0.1) is 0 Å². The molecule has 1 saturated heterocycles. The molecular weight excluding hydrogens is 412 g/mol. The van der Waals surface area contributed by atoms with Crippen molar-refractivity contribution in [3.8, 4) is 0 Å². The Morgan fingerprint density at radius 2 is 1.76 bits per heavy atom. The third-order valence-electron chi connectivity index (χ3n) is 4.29. The molecule has 1 N–H and O–H groups in total. The maximum absolute atomic E-state index is 12.5. The summed E-state index contributed by atoms with van der Waals surface area (Å²) in [6, 6.07) is 0.908. The monoisotopic (exact) mass is 448 g/mol. The first kappa shape index (κ1) is 25.5. The second kappa shape index (κ2) is 10.5. The van der Waals surface area contributed by atoms with Gasteiger partial charge in [0, 0.05) is 33.1 Å². The lowest BCUT2D eigenvalue weighted by Gasteiger charge is -2.30. The summed E-state index contributed by atoms with van der Waals surface area (Å²) in [6.07, 6.45) is 1.18. The molecule has 1 aliphatic heterocycles. The van der Waals surface area contributed by atoms with E-state index in [1.165, 1.54) is 6.08 Å². The van der Waals surface area contributed by atoms with Gasteiger partial charge in [0.1, 0.15) is 5.60 Å². The quantitative estimate of drug-likeness (QED) is 0.599. The lowest BCUT2D eigenvalue weighted by molar-refractivity contribution is 0.0534. The number of carbonyl (C=O) groups is 2. The van der Waals surface area contributed by atoms with Crippen molar-refractivity contribution in [2.24, 2.45) is 0 Å². The zero-order chi connectivity index (χ0) is 22.3. The average molecular weight is 449 g/mol. The zero-order valence-corrected chi connectivity index (χ0v) is 20.3. The van der Waals surface area contributed by atoms with Crippen LogP contribution in [0, 0.1) is 0 Å². The highest BCUT2D eigenvalue weighted by Crippen LogP contribution is 2.20. The minimum Gasteiger partial charge on any atom is -0.450 e. The molecule has 1 heterocycles. The van der Waals surface area contributed by atoms with Gasteiger partial charge in [-0.3, -0.25) is 0 Å². The van der Waals surface area contributed by atoms with Gasteiger partial charge in [0.15, 0.2) is 9.84 Å². The van der Waals surface area contributed by atoms with Gasteiger partial charge in [-0.1, -0.05) is 25.7 Å². The van der Waals surface area contributed by atoms with E-state index in [1.807, 2.05) is 0 Å². The van der Waals surface area contributed by atoms with Crippen molar-refractivity contribution in [3.63, 3.8) is 0 Å². The van der Waals surface area contributed by atoms with Gasteiger partial charge in [-0.05, 0) is 39.7 Å². The Morgan fingerprint density at radius 1 is 1.17 bits per heavy atom. The lowest BCUT2D eigenvalue weighted by atomic mass is 10.1. The van der Waals surface area contributed by atoms with Crippen LogP contribution in [0.2, 0.25) is 25.7 Å². The summed E-state index contributed by atoms with van der Waals surface area (Å²) in [4.78, 5) is 25.2. The molecule has 0 aromatic heterocycles. The molecule has 29 heavy (non-hydrogen) atoms. The van der Waals surface area contributed by atoms with E-state index in [-0.39, 0.29) is 12.6 Å². The fourth-order valence-electron chi connectivity index (χ4n) is 2.65. The van der Waals surface area contributed by atoms with E-state index in [9.17, 15) is 18.0 Å². The number of hydrogen-bond donors (Lipinski definition) is 1. The molecule has 0 bridgehead atoms. The second-order valence-electron chi connectivity index (χ2n) is 9.46. The van der Waals surface area contributed by atoms with Gasteiger partial charge in [0.25, 0.3) is 0 Å². The zero-order valence-electron chi connectivity index (χ0n) is 18.5. The molecule has 1 rings (SSSR count). The smallest absolute Gasteiger partial charge is 0.409 e. The number of hydrogen-bond acceptors (Lipinski definition) is 6. The van der Waals surface area contributed by atoms with Crippen LogP contribution in [0.5, 0.6) is 0 Å². The SMILES string of the molecule is CC(C)(C)OC(=O)NC/C=C/S(=O)(=O)C1CCN(C(=O)OCC[Si](C)(C)C)CC1. The standard InChI is InChI=1S/C19H36N2O6SSi/c1-19(2,3)27-17(22)20-10-7-14-28(24,25)16-8-11-21(12-9-16)18(23)26-13-15-29(4,5)6/h7,14,16H,8-13,15H2,1-6H3,(H,20,22)/b14-7+. The molecule has 0 unspecified atom stereocenters. The van der Waals surface area contributed by atoms with Gasteiger partial charge in [-0.25, -0.2) is 18.0 Å². The van der Waals surface area contributed by atoms with Crippen LogP contribution in [0.1, 0.15) is 33.6 Å². The third-order valence-corrected chi connectivity index (χ3v) is 7.97. The van der Waals surface area contributed by atoms with Gasteiger partial charge in [-0.2, -0.15) is 0 Å². The van der Waals surface area contributed by atoms with Gasteiger partial charge < -0.3 is 19.7 Å². The summed E-state index contributed by atoms with van der Waals surface area (Å²) < 4.78 is 35.3. The van der Waals surface area contributed by atoms with Crippen LogP contribution in [0.25, 0.3) is 0 Å². The number of nitrogens with zero attached hydrogens (tertiary/aromatic N) is 1. The number of nitrogens with one attached hydrogen (secondary N) is 1. The fraction of sp³-hybridized carbons (Fsp3) is 0.789. The number of piperidine rings is 1. The number of ether oxygens (including phenoxy) is 2. The van der Waals surface area contributed by atoms with Crippen LogP contribution in [0.3, 0.4) is 0 Å². The molecule has 1 fully saturated rings. The molecule has 168 valence electrons. The van der Waals surface area contributed by atoms with Crippen molar-refractivity contribution in [2.75, 3.05) is 26.2 Å². The normalized spacial score (nSPS) is 16.7. The largest absolute Gasteiger partial charge is 0.450 e. The molecule has 0 atom stereocenters. The van der Waals surface area contributed by atoms with Crippen molar-refractivity contribution >= 4 is 30.1 Å². The number of rotatable bonds is 7.